The third-order valence-corrected chi connectivity index (χ3v) is 6.92. The van der Waals surface area contributed by atoms with Crippen LogP contribution < -0.4 is 0 Å². The average molecular weight is 413 g/mol. The van der Waals surface area contributed by atoms with Crippen molar-refractivity contribution in [3.05, 3.63) is 54.0 Å². The fourth-order valence-electron chi connectivity index (χ4n) is 4.95. The first-order chi connectivity index (χ1) is 15.1. The average Bonchev–Trinajstić information content (AvgIpc) is 3.13. The number of hydrogen-bond acceptors (Lipinski definition) is 5. The van der Waals surface area contributed by atoms with Crippen LogP contribution in [0, 0.1) is 24.2 Å². The molecule has 5 rings (SSSR count). The van der Waals surface area contributed by atoms with Crippen LogP contribution in [0.3, 0.4) is 0 Å². The second kappa shape index (κ2) is 8.24. The molecule has 0 unspecified atom stereocenters. The predicted octanol–water partition coefficient (Wildman–Crippen LogP) is 4.64. The zero-order valence-corrected chi connectivity index (χ0v) is 18.2. The predicted molar refractivity (Wildman–Crippen MR) is 121 cm³/mol. The first-order valence-corrected chi connectivity index (χ1v) is 11.2. The van der Waals surface area contributed by atoms with Crippen molar-refractivity contribution < 1.29 is 0 Å². The van der Waals surface area contributed by atoms with Crippen LogP contribution in [0.5, 0.6) is 0 Å². The maximum Gasteiger partial charge on any atom is 0.0927 e. The maximum absolute atomic E-state index is 8.69. The Morgan fingerprint density at radius 3 is 2.77 bits per heavy atom. The van der Waals surface area contributed by atoms with Gasteiger partial charge in [-0.3, -0.25) is 9.67 Å². The van der Waals surface area contributed by atoms with Crippen molar-refractivity contribution in [2.75, 3.05) is 20.1 Å². The quantitative estimate of drug-likeness (QED) is 0.584. The molecule has 6 heteroatoms. The van der Waals surface area contributed by atoms with E-state index in [-0.39, 0.29) is 0 Å². The number of rotatable bonds is 4. The van der Waals surface area contributed by atoms with Crippen molar-refractivity contribution >= 4 is 11.0 Å². The minimum Gasteiger partial charge on any atom is -0.306 e. The Hall–Kier alpha value is -3.04. The van der Waals surface area contributed by atoms with Crippen molar-refractivity contribution in [2.45, 2.75) is 44.6 Å². The minimum atomic E-state index is 0.394. The standard InChI is InChI=1S/C25H28N6/c1-17-22(16-31(29-17)20-13-18(14-20)5-4-10-26)24-15-27-25-21(6-3-7-23(25)28-24)19-8-11-30(2)12-9-19/h3-7,15-16,18-20H,8-9,11-14H2,1-2H3/b5-4+. The van der Waals surface area contributed by atoms with Gasteiger partial charge in [-0.1, -0.05) is 18.2 Å². The zero-order chi connectivity index (χ0) is 21.4. The Bertz CT molecular complexity index is 1160. The van der Waals surface area contributed by atoms with E-state index in [9.17, 15) is 0 Å². The summed E-state index contributed by atoms with van der Waals surface area (Å²) in [7, 11) is 2.20. The monoisotopic (exact) mass is 412 g/mol. The first-order valence-electron chi connectivity index (χ1n) is 11.2. The second-order valence-corrected chi connectivity index (χ2v) is 9.03. The highest BCUT2D eigenvalue weighted by Crippen LogP contribution is 2.39. The van der Waals surface area contributed by atoms with E-state index in [2.05, 4.69) is 47.1 Å². The highest BCUT2D eigenvalue weighted by Gasteiger charge is 2.30. The number of likely N-dealkylation sites (tertiary alicyclic amines) is 1. The molecule has 3 aromatic rings. The summed E-state index contributed by atoms with van der Waals surface area (Å²) >= 11 is 0. The summed E-state index contributed by atoms with van der Waals surface area (Å²) in [5.41, 5.74) is 6.26. The molecule has 2 fully saturated rings. The Labute approximate surface area is 183 Å². The number of allylic oxidation sites excluding steroid dienone is 2. The van der Waals surface area contributed by atoms with Crippen molar-refractivity contribution in [2.24, 2.45) is 5.92 Å². The highest BCUT2D eigenvalue weighted by molar-refractivity contribution is 5.81. The highest BCUT2D eigenvalue weighted by atomic mass is 15.3. The molecule has 0 radical (unpaired) electrons. The number of fused-ring (bicyclic) bond motifs is 1. The second-order valence-electron chi connectivity index (χ2n) is 9.03. The molecule has 0 bridgehead atoms. The molecule has 0 atom stereocenters. The molecule has 31 heavy (non-hydrogen) atoms. The summed E-state index contributed by atoms with van der Waals surface area (Å²) < 4.78 is 2.07. The molecule has 2 aromatic heterocycles. The fourth-order valence-corrected chi connectivity index (χ4v) is 4.95. The van der Waals surface area contributed by atoms with Gasteiger partial charge in [0.2, 0.25) is 0 Å². The van der Waals surface area contributed by atoms with E-state index < -0.39 is 0 Å². The molecule has 1 aromatic carbocycles. The van der Waals surface area contributed by atoms with Crippen molar-refractivity contribution in [3.63, 3.8) is 0 Å². The van der Waals surface area contributed by atoms with Crippen LogP contribution in [-0.2, 0) is 0 Å². The third-order valence-electron chi connectivity index (χ3n) is 6.92. The summed E-state index contributed by atoms with van der Waals surface area (Å²) in [5.74, 6) is 1.04. The lowest BCUT2D eigenvalue weighted by molar-refractivity contribution is 0.224. The summed E-state index contributed by atoms with van der Waals surface area (Å²) in [5, 5.41) is 13.4. The number of benzene rings is 1. The van der Waals surface area contributed by atoms with Crippen molar-refractivity contribution in [1.82, 2.24) is 24.6 Å². The molecular weight excluding hydrogens is 384 g/mol. The van der Waals surface area contributed by atoms with Gasteiger partial charge in [-0.15, -0.1) is 0 Å². The number of hydrogen-bond donors (Lipinski definition) is 0. The summed E-state index contributed by atoms with van der Waals surface area (Å²) in [6, 6.07) is 8.89. The van der Waals surface area contributed by atoms with Crippen LogP contribution in [0.25, 0.3) is 22.3 Å². The van der Waals surface area contributed by atoms with Gasteiger partial charge in [0.25, 0.3) is 0 Å². The Balaban J connectivity index is 1.40. The van der Waals surface area contributed by atoms with Gasteiger partial charge in [-0.05, 0) is 76.2 Å². The number of piperidine rings is 1. The van der Waals surface area contributed by atoms with Gasteiger partial charge in [-0.25, -0.2) is 4.98 Å². The lowest BCUT2D eigenvalue weighted by Crippen LogP contribution is -2.29. The van der Waals surface area contributed by atoms with Gasteiger partial charge < -0.3 is 4.90 Å². The molecular formula is C25H28N6. The van der Waals surface area contributed by atoms with E-state index in [0.29, 0.717) is 17.9 Å². The SMILES string of the molecule is Cc1nn(C2CC(/C=C/C#N)C2)cc1-c1cnc2c(C3CCN(C)CC3)cccc2n1. The topological polar surface area (TPSA) is 70.6 Å². The summed E-state index contributed by atoms with van der Waals surface area (Å²) in [4.78, 5) is 12.2. The lowest BCUT2D eigenvalue weighted by Gasteiger charge is -2.33. The van der Waals surface area contributed by atoms with Crippen molar-refractivity contribution in [3.8, 4) is 17.3 Å². The van der Waals surface area contributed by atoms with Gasteiger partial charge in [0.1, 0.15) is 0 Å². The molecule has 3 heterocycles. The number of nitriles is 1. The van der Waals surface area contributed by atoms with E-state index in [4.69, 9.17) is 20.3 Å². The van der Waals surface area contributed by atoms with Crippen LogP contribution >= 0.6 is 0 Å². The van der Waals surface area contributed by atoms with E-state index >= 15 is 0 Å². The van der Waals surface area contributed by atoms with E-state index in [0.717, 1.165) is 53.9 Å². The molecule has 2 aliphatic rings. The van der Waals surface area contributed by atoms with Gasteiger partial charge in [0.05, 0.1) is 40.7 Å². The number of aryl methyl sites for hydroxylation is 1. The summed E-state index contributed by atoms with van der Waals surface area (Å²) in [6.45, 7) is 4.32. The molecule has 1 aliphatic carbocycles. The molecule has 0 N–H and O–H groups in total. The van der Waals surface area contributed by atoms with Crippen LogP contribution in [-0.4, -0.2) is 44.8 Å². The minimum absolute atomic E-state index is 0.394. The first kappa shape index (κ1) is 19.9. The van der Waals surface area contributed by atoms with Gasteiger partial charge >= 0.3 is 0 Å². The normalized spacial score (nSPS) is 22.6. The zero-order valence-electron chi connectivity index (χ0n) is 18.2. The maximum atomic E-state index is 8.69. The van der Waals surface area contributed by atoms with E-state index in [1.165, 1.54) is 18.4 Å². The largest absolute Gasteiger partial charge is 0.306 e. The smallest absolute Gasteiger partial charge is 0.0927 e. The van der Waals surface area contributed by atoms with Gasteiger partial charge in [0.15, 0.2) is 0 Å². The Morgan fingerprint density at radius 1 is 1.19 bits per heavy atom. The van der Waals surface area contributed by atoms with Crippen LogP contribution in [0.2, 0.25) is 0 Å². The number of aromatic nitrogens is 4. The molecule has 1 aliphatic heterocycles. The Kier molecular flexibility index (Phi) is 5.29. The molecule has 1 saturated carbocycles. The van der Waals surface area contributed by atoms with Crippen LogP contribution in [0.4, 0.5) is 0 Å². The summed E-state index contributed by atoms with van der Waals surface area (Å²) in [6.07, 6.45) is 12.0. The number of para-hydroxylation sites is 1. The molecule has 6 nitrogen and oxygen atoms in total. The third kappa shape index (κ3) is 3.86. The van der Waals surface area contributed by atoms with Crippen LogP contribution in [0.15, 0.2) is 42.7 Å². The molecule has 1 saturated heterocycles. The fraction of sp³-hybridized carbons (Fsp3) is 0.440. The Morgan fingerprint density at radius 2 is 2.00 bits per heavy atom. The van der Waals surface area contributed by atoms with Crippen LogP contribution in [0.1, 0.15) is 48.9 Å². The lowest BCUT2D eigenvalue weighted by atomic mass is 9.80. The van der Waals surface area contributed by atoms with Gasteiger partial charge in [0, 0.05) is 17.8 Å². The van der Waals surface area contributed by atoms with Crippen molar-refractivity contribution in [1.29, 1.82) is 5.26 Å². The van der Waals surface area contributed by atoms with E-state index in [1.807, 2.05) is 19.2 Å². The van der Waals surface area contributed by atoms with E-state index in [1.54, 1.807) is 6.08 Å². The molecule has 0 amide bonds. The molecule has 0 spiro atoms. The molecule has 158 valence electrons. The van der Waals surface area contributed by atoms with Gasteiger partial charge in [-0.2, -0.15) is 10.4 Å². The number of nitrogens with zero attached hydrogens (tertiary/aromatic N) is 6.